The highest BCUT2D eigenvalue weighted by Gasteiger charge is 2.26. The highest BCUT2D eigenvalue weighted by atomic mass is 16.4. The first-order chi connectivity index (χ1) is 11.3. The highest BCUT2D eigenvalue weighted by Crippen LogP contribution is 2.39. The average Bonchev–Trinajstić information content (AvgIpc) is 2.53. The molecule has 1 aliphatic rings. The quantitative estimate of drug-likeness (QED) is 0.662. The third-order valence-corrected chi connectivity index (χ3v) is 3.98. The number of nitriles is 2. The van der Waals surface area contributed by atoms with Crippen LogP contribution in [0.25, 0.3) is 6.08 Å². The van der Waals surface area contributed by atoms with Crippen molar-refractivity contribution in [3.8, 4) is 12.1 Å². The van der Waals surface area contributed by atoms with Crippen LogP contribution in [0.5, 0.6) is 0 Å². The minimum absolute atomic E-state index is 0.00639. The van der Waals surface area contributed by atoms with Crippen molar-refractivity contribution in [1.29, 1.82) is 10.5 Å². The highest BCUT2D eigenvalue weighted by molar-refractivity contribution is 6.58. The Balaban J connectivity index is 2.28. The second-order valence-electron chi connectivity index (χ2n) is 6.73. The van der Waals surface area contributed by atoms with Gasteiger partial charge in [0.05, 0.1) is 0 Å². The summed E-state index contributed by atoms with van der Waals surface area (Å²) in [7, 11) is -1.46. The average molecular weight is 318 g/mol. The van der Waals surface area contributed by atoms with Crippen LogP contribution in [0.2, 0.25) is 0 Å². The van der Waals surface area contributed by atoms with Gasteiger partial charge in [-0.2, -0.15) is 10.5 Å². The molecule has 5 heteroatoms. The lowest BCUT2D eigenvalue weighted by atomic mass is 9.74. The number of hydrogen-bond donors (Lipinski definition) is 2. The van der Waals surface area contributed by atoms with Crippen LogP contribution in [0.3, 0.4) is 0 Å². The smallest absolute Gasteiger partial charge is 0.423 e. The van der Waals surface area contributed by atoms with Gasteiger partial charge in [0.1, 0.15) is 17.7 Å². The van der Waals surface area contributed by atoms with Crippen molar-refractivity contribution >= 4 is 18.7 Å². The molecule has 4 nitrogen and oxygen atoms in total. The van der Waals surface area contributed by atoms with Crippen LogP contribution in [0.1, 0.15) is 32.3 Å². The predicted molar refractivity (Wildman–Crippen MR) is 94.7 cm³/mol. The van der Waals surface area contributed by atoms with E-state index < -0.39 is 7.12 Å². The Morgan fingerprint density at radius 3 is 2.25 bits per heavy atom. The molecule has 0 heterocycles. The summed E-state index contributed by atoms with van der Waals surface area (Å²) in [5.74, 6) is 0. The Labute approximate surface area is 142 Å². The van der Waals surface area contributed by atoms with Gasteiger partial charge in [0.15, 0.2) is 0 Å². The van der Waals surface area contributed by atoms with Crippen LogP contribution in [0.15, 0.2) is 53.1 Å². The second kappa shape index (κ2) is 7.32. The zero-order chi connectivity index (χ0) is 17.7. The van der Waals surface area contributed by atoms with E-state index in [1.807, 2.05) is 42.5 Å². The first-order valence-corrected chi connectivity index (χ1v) is 7.73. The van der Waals surface area contributed by atoms with Gasteiger partial charge in [0, 0.05) is 0 Å². The van der Waals surface area contributed by atoms with Crippen molar-refractivity contribution < 1.29 is 10.0 Å². The van der Waals surface area contributed by atoms with Crippen molar-refractivity contribution in [2.75, 3.05) is 0 Å². The molecule has 0 unspecified atom stereocenters. The van der Waals surface area contributed by atoms with Crippen LogP contribution in [0, 0.1) is 28.1 Å². The summed E-state index contributed by atoms with van der Waals surface area (Å²) in [5.41, 5.74) is 3.41. The molecule has 1 aliphatic carbocycles. The summed E-state index contributed by atoms with van der Waals surface area (Å²) < 4.78 is 0. The van der Waals surface area contributed by atoms with Gasteiger partial charge in [-0.1, -0.05) is 56.3 Å². The first kappa shape index (κ1) is 17.8. The van der Waals surface area contributed by atoms with Crippen LogP contribution in [-0.2, 0) is 0 Å². The molecule has 0 bridgehead atoms. The zero-order valence-corrected chi connectivity index (χ0v) is 13.8. The molecule has 0 fully saturated rings. The van der Waals surface area contributed by atoms with Gasteiger partial charge in [-0.05, 0) is 40.4 Å². The standard InChI is InChI=1S/C19H19BN2O2/c1-19(2)10-15(9-16(11-19)17(12-21)13-22)4-3-14-5-7-18(8-6-14)20(23)24/h3-9,23-24H,10-11H2,1-2H3/b4-3+. The lowest BCUT2D eigenvalue weighted by molar-refractivity contribution is 0.354. The van der Waals surface area contributed by atoms with Gasteiger partial charge in [-0.15, -0.1) is 0 Å². The summed E-state index contributed by atoms with van der Waals surface area (Å²) in [5, 5.41) is 36.4. The van der Waals surface area contributed by atoms with Gasteiger partial charge in [0.25, 0.3) is 0 Å². The maximum Gasteiger partial charge on any atom is 0.488 e. The normalized spacial score (nSPS) is 16.2. The van der Waals surface area contributed by atoms with Crippen molar-refractivity contribution in [3.63, 3.8) is 0 Å². The fourth-order valence-electron chi connectivity index (χ4n) is 2.88. The van der Waals surface area contributed by atoms with E-state index in [9.17, 15) is 0 Å². The predicted octanol–water partition coefficient (Wildman–Crippen LogP) is 2.47. The second-order valence-corrected chi connectivity index (χ2v) is 6.73. The van der Waals surface area contributed by atoms with Gasteiger partial charge in [-0.25, -0.2) is 0 Å². The lowest BCUT2D eigenvalue weighted by Gasteiger charge is -2.30. The van der Waals surface area contributed by atoms with Crippen LogP contribution in [-0.4, -0.2) is 17.2 Å². The minimum Gasteiger partial charge on any atom is -0.423 e. The molecule has 0 saturated carbocycles. The molecule has 24 heavy (non-hydrogen) atoms. The summed E-state index contributed by atoms with van der Waals surface area (Å²) in [6.45, 7) is 4.25. The van der Waals surface area contributed by atoms with Gasteiger partial charge >= 0.3 is 7.12 Å². The molecule has 1 aromatic carbocycles. The maximum atomic E-state index is 9.10. The van der Waals surface area contributed by atoms with E-state index in [1.54, 1.807) is 12.1 Å². The third kappa shape index (κ3) is 4.46. The van der Waals surface area contributed by atoms with E-state index >= 15 is 0 Å². The Bertz CT molecular complexity index is 772. The van der Waals surface area contributed by atoms with E-state index in [4.69, 9.17) is 20.6 Å². The minimum atomic E-state index is -1.46. The van der Waals surface area contributed by atoms with Crippen LogP contribution in [0.4, 0.5) is 0 Å². The van der Waals surface area contributed by atoms with Gasteiger partial charge < -0.3 is 10.0 Å². The monoisotopic (exact) mass is 318 g/mol. The largest absolute Gasteiger partial charge is 0.488 e. The summed E-state index contributed by atoms with van der Waals surface area (Å²) in [6.07, 6.45) is 7.43. The summed E-state index contributed by atoms with van der Waals surface area (Å²) in [6, 6.07) is 10.9. The molecule has 0 aliphatic heterocycles. The number of allylic oxidation sites excluding steroid dienone is 5. The molecule has 120 valence electrons. The molecule has 0 radical (unpaired) electrons. The Hall–Kier alpha value is -2.60. The van der Waals surface area contributed by atoms with Crippen molar-refractivity contribution in [2.45, 2.75) is 26.7 Å². The molecule has 0 aromatic heterocycles. The van der Waals surface area contributed by atoms with Crippen molar-refractivity contribution in [2.24, 2.45) is 5.41 Å². The van der Waals surface area contributed by atoms with E-state index in [0.717, 1.165) is 23.1 Å². The summed E-state index contributed by atoms with van der Waals surface area (Å²) >= 11 is 0. The van der Waals surface area contributed by atoms with Gasteiger partial charge in [0.2, 0.25) is 0 Å². The Morgan fingerprint density at radius 1 is 1.08 bits per heavy atom. The first-order valence-electron chi connectivity index (χ1n) is 7.73. The molecule has 1 aromatic rings. The van der Waals surface area contributed by atoms with E-state index in [2.05, 4.69) is 13.8 Å². The van der Waals surface area contributed by atoms with E-state index in [-0.39, 0.29) is 11.0 Å². The third-order valence-electron chi connectivity index (χ3n) is 3.98. The topological polar surface area (TPSA) is 88.0 Å². The molecular weight excluding hydrogens is 299 g/mol. The molecule has 2 N–H and O–H groups in total. The number of nitrogens with zero attached hydrogens (tertiary/aromatic N) is 2. The maximum absolute atomic E-state index is 9.10. The summed E-state index contributed by atoms with van der Waals surface area (Å²) in [4.78, 5) is 0. The zero-order valence-electron chi connectivity index (χ0n) is 13.8. The fraction of sp³-hybridized carbons (Fsp3) is 0.263. The Morgan fingerprint density at radius 2 is 1.71 bits per heavy atom. The molecule has 0 atom stereocenters. The molecule has 0 spiro atoms. The van der Waals surface area contributed by atoms with E-state index in [0.29, 0.717) is 11.9 Å². The molecular formula is C19H19BN2O2. The Kier molecular flexibility index (Phi) is 5.41. The molecule has 2 rings (SSSR count). The number of hydrogen-bond acceptors (Lipinski definition) is 4. The lowest BCUT2D eigenvalue weighted by Crippen LogP contribution is -2.29. The number of rotatable bonds is 3. The van der Waals surface area contributed by atoms with Crippen LogP contribution < -0.4 is 5.46 Å². The van der Waals surface area contributed by atoms with Gasteiger partial charge in [-0.3, -0.25) is 0 Å². The van der Waals surface area contributed by atoms with Crippen molar-refractivity contribution in [3.05, 3.63) is 58.7 Å². The fourth-order valence-corrected chi connectivity index (χ4v) is 2.88. The van der Waals surface area contributed by atoms with Crippen molar-refractivity contribution in [1.82, 2.24) is 0 Å². The molecule has 0 amide bonds. The van der Waals surface area contributed by atoms with E-state index in [1.165, 1.54) is 0 Å². The number of benzene rings is 1. The van der Waals surface area contributed by atoms with Crippen LogP contribution >= 0.6 is 0 Å². The molecule has 0 saturated heterocycles. The SMILES string of the molecule is CC1(C)CC(/C=C/c2ccc(B(O)O)cc2)=CC(=C(C#N)C#N)C1.